The third-order valence-corrected chi connectivity index (χ3v) is 4.75. The fourth-order valence-corrected chi connectivity index (χ4v) is 3.22. The van der Waals surface area contributed by atoms with Gasteiger partial charge in [0.15, 0.2) is 0 Å². The second kappa shape index (κ2) is 6.24. The highest BCUT2D eigenvalue weighted by atomic mass is 16.5. The maximum atomic E-state index is 12.6. The summed E-state index contributed by atoms with van der Waals surface area (Å²) in [4.78, 5) is 18.8. The van der Waals surface area contributed by atoms with Crippen molar-refractivity contribution < 1.29 is 9.53 Å². The number of rotatable bonds is 4. The van der Waals surface area contributed by atoms with Crippen molar-refractivity contribution in [2.75, 3.05) is 13.1 Å². The minimum absolute atomic E-state index is 0.0381. The Kier molecular flexibility index (Phi) is 3.92. The van der Waals surface area contributed by atoms with Crippen molar-refractivity contribution in [1.29, 1.82) is 0 Å². The van der Waals surface area contributed by atoms with Gasteiger partial charge >= 0.3 is 0 Å². The quantitative estimate of drug-likeness (QED) is 0.736. The molecule has 128 valence electrons. The molecule has 0 spiro atoms. The Morgan fingerprint density at radius 2 is 2.04 bits per heavy atom. The molecule has 1 saturated heterocycles. The van der Waals surface area contributed by atoms with Crippen LogP contribution in [0.5, 0.6) is 5.75 Å². The van der Waals surface area contributed by atoms with Crippen LogP contribution in [0.1, 0.15) is 22.8 Å². The van der Waals surface area contributed by atoms with E-state index in [4.69, 9.17) is 4.74 Å². The van der Waals surface area contributed by atoms with Crippen LogP contribution in [-0.2, 0) is 13.5 Å². The highest BCUT2D eigenvalue weighted by Gasteiger charge is 2.33. The molecule has 0 radical (unpaired) electrons. The number of benzene rings is 2. The van der Waals surface area contributed by atoms with Gasteiger partial charge in [-0.25, -0.2) is 4.98 Å². The molecule has 1 aliphatic rings. The highest BCUT2D eigenvalue weighted by molar-refractivity contribution is 5.97. The van der Waals surface area contributed by atoms with Gasteiger partial charge in [-0.3, -0.25) is 4.79 Å². The zero-order chi connectivity index (χ0) is 17.4. The Morgan fingerprint density at radius 3 is 2.84 bits per heavy atom. The molecular formula is C20H21N3O2. The molecular weight excluding hydrogens is 314 g/mol. The molecule has 0 unspecified atom stereocenters. The molecule has 2 heterocycles. The molecule has 0 atom stereocenters. The van der Waals surface area contributed by atoms with Crippen LogP contribution in [0.15, 0.2) is 48.8 Å². The van der Waals surface area contributed by atoms with Crippen LogP contribution >= 0.6 is 0 Å². The van der Waals surface area contributed by atoms with E-state index in [2.05, 4.69) is 18.0 Å². The van der Waals surface area contributed by atoms with Crippen molar-refractivity contribution in [3.05, 3.63) is 59.9 Å². The number of aromatic nitrogens is 2. The van der Waals surface area contributed by atoms with Gasteiger partial charge < -0.3 is 14.2 Å². The number of amides is 1. The van der Waals surface area contributed by atoms with E-state index in [1.165, 1.54) is 5.56 Å². The third kappa shape index (κ3) is 2.86. The number of carbonyl (C=O) groups is 1. The number of ether oxygens (including phenoxy) is 1. The Bertz CT molecular complexity index is 926. The number of aryl methyl sites for hydroxylation is 2. The zero-order valence-corrected chi connectivity index (χ0v) is 14.5. The average Bonchev–Trinajstić information content (AvgIpc) is 2.98. The first-order chi connectivity index (χ1) is 12.2. The topological polar surface area (TPSA) is 47.4 Å². The molecule has 4 rings (SSSR count). The lowest BCUT2D eigenvalue weighted by atomic mass is 10.1. The first-order valence-electron chi connectivity index (χ1n) is 8.60. The van der Waals surface area contributed by atoms with Crippen molar-refractivity contribution in [2.24, 2.45) is 7.05 Å². The van der Waals surface area contributed by atoms with E-state index >= 15 is 0 Å². The van der Waals surface area contributed by atoms with Crippen LogP contribution in [0, 0.1) is 0 Å². The lowest BCUT2D eigenvalue weighted by molar-refractivity contribution is 0.0175. The molecule has 0 aliphatic carbocycles. The van der Waals surface area contributed by atoms with E-state index in [0.717, 1.165) is 23.2 Å². The van der Waals surface area contributed by atoms with Gasteiger partial charge in [0, 0.05) is 12.6 Å². The SMILES string of the molecule is CCc1ccccc1OC1CN(C(=O)c2ccc3c(c2)ncn3C)C1. The smallest absolute Gasteiger partial charge is 0.254 e. The van der Waals surface area contributed by atoms with Crippen molar-refractivity contribution in [1.82, 2.24) is 14.5 Å². The van der Waals surface area contributed by atoms with Crippen molar-refractivity contribution in [3.63, 3.8) is 0 Å². The van der Waals surface area contributed by atoms with Crippen molar-refractivity contribution in [3.8, 4) is 5.75 Å². The third-order valence-electron chi connectivity index (χ3n) is 4.75. The molecule has 0 saturated carbocycles. The number of para-hydroxylation sites is 1. The molecule has 1 aromatic heterocycles. The van der Waals surface area contributed by atoms with Crippen LogP contribution < -0.4 is 4.74 Å². The van der Waals surface area contributed by atoms with Gasteiger partial charge in [0.25, 0.3) is 5.91 Å². The van der Waals surface area contributed by atoms with E-state index in [1.807, 2.05) is 52.9 Å². The summed E-state index contributed by atoms with van der Waals surface area (Å²) < 4.78 is 8.00. The van der Waals surface area contributed by atoms with E-state index in [-0.39, 0.29) is 12.0 Å². The summed E-state index contributed by atoms with van der Waals surface area (Å²) >= 11 is 0. The van der Waals surface area contributed by atoms with E-state index in [9.17, 15) is 4.79 Å². The normalized spacial score (nSPS) is 14.6. The molecule has 0 bridgehead atoms. The monoisotopic (exact) mass is 335 g/mol. The average molecular weight is 335 g/mol. The van der Waals surface area contributed by atoms with Crippen LogP contribution in [0.3, 0.4) is 0 Å². The summed E-state index contributed by atoms with van der Waals surface area (Å²) in [5.74, 6) is 0.966. The molecule has 2 aromatic carbocycles. The predicted octanol–water partition coefficient (Wildman–Crippen LogP) is 3.04. The number of hydrogen-bond acceptors (Lipinski definition) is 3. The number of likely N-dealkylation sites (tertiary alicyclic amines) is 1. The highest BCUT2D eigenvalue weighted by Crippen LogP contribution is 2.24. The van der Waals surface area contributed by atoms with E-state index in [1.54, 1.807) is 6.33 Å². The van der Waals surface area contributed by atoms with Gasteiger partial charge in [-0.1, -0.05) is 25.1 Å². The van der Waals surface area contributed by atoms with Gasteiger partial charge in [0.2, 0.25) is 0 Å². The Labute approximate surface area is 146 Å². The lowest BCUT2D eigenvalue weighted by Gasteiger charge is -2.39. The Hall–Kier alpha value is -2.82. The van der Waals surface area contributed by atoms with E-state index in [0.29, 0.717) is 18.7 Å². The summed E-state index contributed by atoms with van der Waals surface area (Å²) in [6.45, 7) is 3.36. The molecule has 0 N–H and O–H groups in total. The first kappa shape index (κ1) is 15.7. The van der Waals surface area contributed by atoms with Crippen molar-refractivity contribution >= 4 is 16.9 Å². The minimum Gasteiger partial charge on any atom is -0.486 e. The van der Waals surface area contributed by atoms with Gasteiger partial charge in [-0.05, 0) is 36.2 Å². The number of carbonyl (C=O) groups excluding carboxylic acids is 1. The molecule has 1 fully saturated rings. The molecule has 1 aliphatic heterocycles. The molecule has 1 amide bonds. The molecule has 5 heteroatoms. The zero-order valence-electron chi connectivity index (χ0n) is 14.5. The van der Waals surface area contributed by atoms with Gasteiger partial charge in [-0.15, -0.1) is 0 Å². The fraction of sp³-hybridized carbons (Fsp3) is 0.300. The summed E-state index contributed by atoms with van der Waals surface area (Å²) in [5, 5.41) is 0. The predicted molar refractivity (Wildman–Crippen MR) is 96.9 cm³/mol. The number of nitrogens with zero attached hydrogens (tertiary/aromatic N) is 3. The summed E-state index contributed by atoms with van der Waals surface area (Å²) in [6.07, 6.45) is 2.77. The summed E-state index contributed by atoms with van der Waals surface area (Å²) in [6, 6.07) is 13.8. The minimum atomic E-state index is 0.0381. The van der Waals surface area contributed by atoms with Gasteiger partial charge in [-0.2, -0.15) is 0 Å². The maximum absolute atomic E-state index is 12.6. The number of imidazole rings is 1. The maximum Gasteiger partial charge on any atom is 0.254 e. The Morgan fingerprint density at radius 1 is 1.24 bits per heavy atom. The van der Waals surface area contributed by atoms with Crippen LogP contribution in [0.25, 0.3) is 11.0 Å². The molecule has 5 nitrogen and oxygen atoms in total. The first-order valence-corrected chi connectivity index (χ1v) is 8.60. The second-order valence-corrected chi connectivity index (χ2v) is 6.47. The molecule has 3 aromatic rings. The molecule has 25 heavy (non-hydrogen) atoms. The van der Waals surface area contributed by atoms with E-state index < -0.39 is 0 Å². The van der Waals surface area contributed by atoms with Crippen molar-refractivity contribution in [2.45, 2.75) is 19.4 Å². The van der Waals surface area contributed by atoms with Crippen LogP contribution in [-0.4, -0.2) is 39.6 Å². The second-order valence-electron chi connectivity index (χ2n) is 6.47. The fourth-order valence-electron chi connectivity index (χ4n) is 3.22. The Balaban J connectivity index is 1.41. The summed E-state index contributed by atoms with van der Waals surface area (Å²) in [7, 11) is 1.95. The largest absolute Gasteiger partial charge is 0.486 e. The van der Waals surface area contributed by atoms with Gasteiger partial charge in [0.05, 0.1) is 30.5 Å². The standard InChI is InChI=1S/C20H21N3O2/c1-3-14-6-4-5-7-19(14)25-16-11-23(12-16)20(24)15-8-9-18-17(10-15)21-13-22(18)2/h4-10,13,16H,3,11-12H2,1-2H3. The van der Waals surface area contributed by atoms with Crippen LogP contribution in [0.2, 0.25) is 0 Å². The number of hydrogen-bond donors (Lipinski definition) is 0. The van der Waals surface area contributed by atoms with Crippen LogP contribution in [0.4, 0.5) is 0 Å². The van der Waals surface area contributed by atoms with Gasteiger partial charge in [0.1, 0.15) is 11.9 Å². The lowest BCUT2D eigenvalue weighted by Crippen LogP contribution is -2.56. The number of fused-ring (bicyclic) bond motifs is 1. The summed E-state index contributed by atoms with van der Waals surface area (Å²) in [5.41, 5.74) is 3.75.